The summed E-state index contributed by atoms with van der Waals surface area (Å²) in [5.74, 6) is 0.697. The minimum Gasteiger partial charge on any atom is -0.396 e. The van der Waals surface area contributed by atoms with Gasteiger partial charge >= 0.3 is 0 Å². The first kappa shape index (κ1) is 16.0. The van der Waals surface area contributed by atoms with Crippen molar-refractivity contribution in [3.05, 3.63) is 22.4 Å². The first-order valence-electron chi connectivity index (χ1n) is 8.39. The van der Waals surface area contributed by atoms with Crippen molar-refractivity contribution in [2.75, 3.05) is 26.2 Å². The molecular formula is C17H26N2O2S. The van der Waals surface area contributed by atoms with Crippen LogP contribution in [-0.2, 0) is 4.79 Å². The van der Waals surface area contributed by atoms with E-state index in [2.05, 4.69) is 27.3 Å². The lowest BCUT2D eigenvalue weighted by atomic mass is 9.96. The molecule has 0 spiro atoms. The van der Waals surface area contributed by atoms with Gasteiger partial charge in [-0.15, -0.1) is 11.3 Å². The summed E-state index contributed by atoms with van der Waals surface area (Å²) in [6.07, 6.45) is 4.20. The van der Waals surface area contributed by atoms with E-state index in [9.17, 15) is 9.90 Å². The van der Waals surface area contributed by atoms with Crippen LogP contribution >= 0.6 is 11.3 Å². The van der Waals surface area contributed by atoms with Crippen LogP contribution in [0.1, 0.15) is 43.5 Å². The van der Waals surface area contributed by atoms with Gasteiger partial charge in [-0.05, 0) is 63.1 Å². The van der Waals surface area contributed by atoms with E-state index in [-0.39, 0.29) is 24.6 Å². The van der Waals surface area contributed by atoms with Gasteiger partial charge in [0.25, 0.3) is 0 Å². The summed E-state index contributed by atoms with van der Waals surface area (Å²) in [5, 5.41) is 11.3. The zero-order valence-electron chi connectivity index (χ0n) is 13.3. The number of carbonyl (C=O) groups excluding carboxylic acids is 1. The van der Waals surface area contributed by atoms with Gasteiger partial charge in [0, 0.05) is 18.0 Å². The van der Waals surface area contributed by atoms with Crippen molar-refractivity contribution in [1.29, 1.82) is 0 Å². The zero-order chi connectivity index (χ0) is 15.5. The normalized spacial score (nSPS) is 25.5. The molecule has 4 nitrogen and oxygen atoms in total. The molecule has 1 aromatic rings. The summed E-state index contributed by atoms with van der Waals surface area (Å²) in [4.78, 5) is 18.6. The zero-order valence-corrected chi connectivity index (χ0v) is 14.1. The molecule has 0 saturated carbocycles. The van der Waals surface area contributed by atoms with E-state index < -0.39 is 0 Å². The van der Waals surface area contributed by atoms with Crippen molar-refractivity contribution in [2.24, 2.45) is 5.92 Å². The number of aliphatic hydroxyl groups excluding tert-OH is 1. The maximum absolute atomic E-state index is 12.9. The van der Waals surface area contributed by atoms with Crippen LogP contribution in [0.25, 0.3) is 0 Å². The van der Waals surface area contributed by atoms with E-state index in [1.165, 1.54) is 4.88 Å². The Morgan fingerprint density at radius 3 is 2.77 bits per heavy atom. The maximum atomic E-state index is 12.9. The molecule has 2 unspecified atom stereocenters. The number of hydrogen-bond acceptors (Lipinski definition) is 4. The number of likely N-dealkylation sites (tertiary alicyclic amines) is 2. The van der Waals surface area contributed by atoms with Crippen molar-refractivity contribution in [3.63, 3.8) is 0 Å². The fraction of sp³-hybridized carbons (Fsp3) is 0.706. The molecule has 2 atom stereocenters. The highest BCUT2D eigenvalue weighted by atomic mass is 32.1. The topological polar surface area (TPSA) is 43.8 Å². The molecular weight excluding hydrogens is 296 g/mol. The SMILES string of the molecule is CC(C(=O)N1CCCC1c1cccs1)N1CCC(CO)CC1. The van der Waals surface area contributed by atoms with Gasteiger partial charge in [0.1, 0.15) is 0 Å². The summed E-state index contributed by atoms with van der Waals surface area (Å²) >= 11 is 1.76. The second-order valence-electron chi connectivity index (χ2n) is 6.54. The molecule has 0 radical (unpaired) electrons. The van der Waals surface area contributed by atoms with E-state index >= 15 is 0 Å². The van der Waals surface area contributed by atoms with E-state index in [1.807, 2.05) is 6.92 Å². The van der Waals surface area contributed by atoms with Crippen molar-refractivity contribution < 1.29 is 9.90 Å². The third kappa shape index (κ3) is 3.21. The lowest BCUT2D eigenvalue weighted by Crippen LogP contribution is -2.49. The number of carbonyl (C=O) groups is 1. The van der Waals surface area contributed by atoms with Gasteiger partial charge in [0.15, 0.2) is 0 Å². The van der Waals surface area contributed by atoms with E-state index in [0.29, 0.717) is 5.92 Å². The van der Waals surface area contributed by atoms with Gasteiger partial charge < -0.3 is 10.0 Å². The summed E-state index contributed by atoms with van der Waals surface area (Å²) in [6, 6.07) is 4.47. The fourth-order valence-corrected chi connectivity index (χ4v) is 4.60. The van der Waals surface area contributed by atoms with E-state index in [0.717, 1.165) is 45.3 Å². The van der Waals surface area contributed by atoms with Crippen LogP contribution in [0.2, 0.25) is 0 Å². The average Bonchev–Trinajstić information content (AvgIpc) is 3.24. The predicted molar refractivity (Wildman–Crippen MR) is 88.9 cm³/mol. The van der Waals surface area contributed by atoms with E-state index in [1.54, 1.807) is 11.3 Å². The van der Waals surface area contributed by atoms with Crippen LogP contribution in [0.3, 0.4) is 0 Å². The number of hydrogen-bond donors (Lipinski definition) is 1. The Kier molecular flexibility index (Phi) is 5.16. The molecule has 1 N–H and O–H groups in total. The average molecular weight is 322 g/mol. The Morgan fingerprint density at radius 1 is 1.36 bits per heavy atom. The number of aliphatic hydroxyl groups is 1. The standard InChI is InChI=1S/C17H26N2O2S/c1-13(18-9-6-14(12-20)7-10-18)17(21)19-8-2-4-15(19)16-5-3-11-22-16/h3,5,11,13-15,20H,2,4,6-10,12H2,1H3. The third-order valence-electron chi connectivity index (χ3n) is 5.22. The van der Waals surface area contributed by atoms with Gasteiger partial charge in [-0.3, -0.25) is 9.69 Å². The number of piperidine rings is 1. The second kappa shape index (κ2) is 7.11. The highest BCUT2D eigenvalue weighted by Gasteiger charge is 2.35. The van der Waals surface area contributed by atoms with Gasteiger partial charge in [0.05, 0.1) is 12.1 Å². The van der Waals surface area contributed by atoms with Crippen molar-refractivity contribution in [3.8, 4) is 0 Å². The maximum Gasteiger partial charge on any atom is 0.240 e. The summed E-state index contributed by atoms with van der Waals surface area (Å²) in [6.45, 7) is 5.07. The molecule has 2 aliphatic heterocycles. The summed E-state index contributed by atoms with van der Waals surface area (Å²) in [5.41, 5.74) is 0. The lowest BCUT2D eigenvalue weighted by molar-refractivity contribution is -0.138. The van der Waals surface area contributed by atoms with Crippen LogP contribution in [0.5, 0.6) is 0 Å². The Morgan fingerprint density at radius 2 is 2.14 bits per heavy atom. The number of nitrogens with zero attached hydrogens (tertiary/aromatic N) is 2. The molecule has 0 bridgehead atoms. The molecule has 0 aliphatic carbocycles. The third-order valence-corrected chi connectivity index (χ3v) is 6.19. The molecule has 1 aromatic heterocycles. The van der Waals surface area contributed by atoms with Crippen LogP contribution in [-0.4, -0.2) is 53.1 Å². The summed E-state index contributed by atoms with van der Waals surface area (Å²) < 4.78 is 0. The minimum atomic E-state index is -0.0415. The molecule has 122 valence electrons. The first-order valence-corrected chi connectivity index (χ1v) is 9.27. The lowest BCUT2D eigenvalue weighted by Gasteiger charge is -2.37. The van der Waals surface area contributed by atoms with Crippen LogP contribution in [0.15, 0.2) is 17.5 Å². The first-order chi connectivity index (χ1) is 10.7. The van der Waals surface area contributed by atoms with Crippen LogP contribution in [0.4, 0.5) is 0 Å². The molecule has 5 heteroatoms. The smallest absolute Gasteiger partial charge is 0.240 e. The molecule has 22 heavy (non-hydrogen) atoms. The number of thiophene rings is 1. The molecule has 0 aromatic carbocycles. The Labute approximate surface area is 136 Å². The number of amides is 1. The molecule has 2 aliphatic rings. The Bertz CT molecular complexity index is 483. The molecule has 3 heterocycles. The number of rotatable bonds is 4. The molecule has 3 rings (SSSR count). The van der Waals surface area contributed by atoms with Crippen LogP contribution < -0.4 is 0 Å². The fourth-order valence-electron chi connectivity index (χ4n) is 3.73. The van der Waals surface area contributed by atoms with Crippen molar-refractivity contribution in [2.45, 2.75) is 44.7 Å². The molecule has 2 saturated heterocycles. The highest BCUT2D eigenvalue weighted by molar-refractivity contribution is 7.10. The highest BCUT2D eigenvalue weighted by Crippen LogP contribution is 2.35. The largest absolute Gasteiger partial charge is 0.396 e. The van der Waals surface area contributed by atoms with E-state index in [4.69, 9.17) is 0 Å². The van der Waals surface area contributed by atoms with Gasteiger partial charge in [-0.25, -0.2) is 0 Å². The van der Waals surface area contributed by atoms with Gasteiger partial charge in [-0.1, -0.05) is 6.07 Å². The monoisotopic (exact) mass is 322 g/mol. The van der Waals surface area contributed by atoms with Gasteiger partial charge in [0.2, 0.25) is 5.91 Å². The minimum absolute atomic E-state index is 0.0415. The Hall–Kier alpha value is -0.910. The van der Waals surface area contributed by atoms with Crippen LogP contribution in [0, 0.1) is 5.92 Å². The molecule has 1 amide bonds. The van der Waals surface area contributed by atoms with Gasteiger partial charge in [-0.2, -0.15) is 0 Å². The molecule has 2 fully saturated rings. The quantitative estimate of drug-likeness (QED) is 0.926. The second-order valence-corrected chi connectivity index (χ2v) is 7.52. The van der Waals surface area contributed by atoms with Crippen molar-refractivity contribution >= 4 is 17.2 Å². The summed E-state index contributed by atoms with van der Waals surface area (Å²) in [7, 11) is 0. The Balaban J connectivity index is 1.63. The van der Waals surface area contributed by atoms with Crippen molar-refractivity contribution in [1.82, 2.24) is 9.80 Å². The predicted octanol–water partition coefficient (Wildman–Crippen LogP) is 2.50.